The number of nitrogens with one attached hydrogen (secondary N) is 1. The number of sulfone groups is 1. The molecule has 120 valence electrons. The first-order valence-electron chi connectivity index (χ1n) is 8.18. The molecule has 0 bridgehead atoms. The van der Waals surface area contributed by atoms with E-state index in [1.165, 1.54) is 19.3 Å². The van der Waals surface area contributed by atoms with E-state index >= 15 is 0 Å². The zero-order valence-electron chi connectivity index (χ0n) is 13.4. The summed E-state index contributed by atoms with van der Waals surface area (Å²) < 4.78 is 23.1. The molecular weight excluding hydrogens is 272 g/mol. The Bertz CT molecular complexity index is 357. The second kappa shape index (κ2) is 9.00. The summed E-state index contributed by atoms with van der Waals surface area (Å²) in [7, 11) is -2.81. The smallest absolute Gasteiger partial charge is 0.150 e. The second-order valence-corrected chi connectivity index (χ2v) is 8.40. The van der Waals surface area contributed by atoms with Crippen molar-refractivity contribution >= 4 is 9.84 Å². The molecule has 1 aliphatic heterocycles. The zero-order valence-corrected chi connectivity index (χ0v) is 14.2. The van der Waals surface area contributed by atoms with Crippen LogP contribution < -0.4 is 5.32 Å². The van der Waals surface area contributed by atoms with Crippen molar-refractivity contribution in [2.24, 2.45) is 0 Å². The minimum absolute atomic E-state index is 0.269. The SMILES string of the molecule is CCCNC(C)C1CCCCN1CCCS(=O)(=O)CC. The maximum atomic E-state index is 11.6. The summed E-state index contributed by atoms with van der Waals surface area (Å²) in [6.45, 7) is 9.29. The van der Waals surface area contributed by atoms with Gasteiger partial charge in [-0.3, -0.25) is 4.90 Å². The lowest BCUT2D eigenvalue weighted by molar-refractivity contribution is 0.119. The van der Waals surface area contributed by atoms with E-state index in [4.69, 9.17) is 0 Å². The van der Waals surface area contributed by atoms with Gasteiger partial charge in [0.2, 0.25) is 0 Å². The van der Waals surface area contributed by atoms with Crippen LogP contribution in [0.15, 0.2) is 0 Å². The summed E-state index contributed by atoms with van der Waals surface area (Å²) in [4.78, 5) is 2.50. The van der Waals surface area contributed by atoms with Gasteiger partial charge in [0.25, 0.3) is 0 Å². The Hall–Kier alpha value is -0.130. The molecule has 0 spiro atoms. The van der Waals surface area contributed by atoms with Crippen LogP contribution >= 0.6 is 0 Å². The first-order valence-corrected chi connectivity index (χ1v) is 10.00. The molecule has 1 rings (SSSR count). The van der Waals surface area contributed by atoms with E-state index in [9.17, 15) is 8.42 Å². The van der Waals surface area contributed by atoms with Gasteiger partial charge in [0.1, 0.15) is 9.84 Å². The summed E-state index contributed by atoms with van der Waals surface area (Å²) >= 11 is 0. The highest BCUT2D eigenvalue weighted by atomic mass is 32.2. The van der Waals surface area contributed by atoms with E-state index in [1.807, 2.05) is 0 Å². The predicted octanol–water partition coefficient (Wildman–Crippen LogP) is 2.05. The molecule has 1 aliphatic rings. The van der Waals surface area contributed by atoms with Crippen molar-refractivity contribution in [3.8, 4) is 0 Å². The van der Waals surface area contributed by atoms with Crippen LogP contribution in [0.3, 0.4) is 0 Å². The van der Waals surface area contributed by atoms with Crippen LogP contribution in [0.5, 0.6) is 0 Å². The summed E-state index contributed by atoms with van der Waals surface area (Å²) in [5.74, 6) is 0.606. The van der Waals surface area contributed by atoms with E-state index in [0.717, 1.165) is 32.5 Å². The van der Waals surface area contributed by atoms with Crippen molar-refractivity contribution < 1.29 is 8.42 Å². The highest BCUT2D eigenvalue weighted by Crippen LogP contribution is 2.20. The minimum Gasteiger partial charge on any atom is -0.313 e. The van der Waals surface area contributed by atoms with Crippen LogP contribution in [0.25, 0.3) is 0 Å². The molecule has 5 heteroatoms. The van der Waals surface area contributed by atoms with E-state index in [1.54, 1.807) is 6.92 Å². The molecule has 0 aromatic rings. The molecular formula is C15H32N2O2S. The number of piperidine rings is 1. The molecule has 2 atom stereocenters. The Morgan fingerprint density at radius 3 is 2.70 bits per heavy atom. The molecule has 0 radical (unpaired) electrons. The number of nitrogens with zero attached hydrogens (tertiary/aromatic N) is 1. The fourth-order valence-electron chi connectivity index (χ4n) is 3.00. The molecule has 1 saturated heterocycles. The standard InChI is InChI=1S/C15H32N2O2S/c1-4-10-16-14(3)15-9-6-7-11-17(15)12-8-13-20(18,19)5-2/h14-16H,4-13H2,1-3H3. The maximum Gasteiger partial charge on any atom is 0.150 e. The number of hydrogen-bond acceptors (Lipinski definition) is 4. The van der Waals surface area contributed by atoms with E-state index in [0.29, 0.717) is 17.8 Å². The highest BCUT2D eigenvalue weighted by molar-refractivity contribution is 7.91. The third-order valence-corrected chi connectivity index (χ3v) is 6.09. The maximum absolute atomic E-state index is 11.6. The zero-order chi connectivity index (χ0) is 15.0. The summed E-state index contributed by atoms with van der Waals surface area (Å²) in [5.41, 5.74) is 0. The van der Waals surface area contributed by atoms with Crippen LogP contribution in [-0.4, -0.2) is 56.5 Å². The van der Waals surface area contributed by atoms with Crippen LogP contribution in [0.2, 0.25) is 0 Å². The van der Waals surface area contributed by atoms with Gasteiger partial charge in [-0.05, 0) is 52.2 Å². The third kappa shape index (κ3) is 6.10. The lowest BCUT2D eigenvalue weighted by atomic mass is 9.96. The van der Waals surface area contributed by atoms with Crippen molar-refractivity contribution in [1.82, 2.24) is 10.2 Å². The first kappa shape index (κ1) is 17.9. The normalized spacial score (nSPS) is 22.9. The fourth-order valence-corrected chi connectivity index (χ4v) is 3.86. The molecule has 0 aromatic carbocycles. The Balaban J connectivity index is 2.43. The van der Waals surface area contributed by atoms with Crippen molar-refractivity contribution in [2.45, 2.75) is 65.0 Å². The Kier molecular flexibility index (Phi) is 8.07. The average molecular weight is 305 g/mol. The topological polar surface area (TPSA) is 49.4 Å². The molecule has 2 unspecified atom stereocenters. The lowest BCUT2D eigenvalue weighted by Crippen LogP contribution is -2.51. The average Bonchev–Trinajstić information content (AvgIpc) is 2.45. The quantitative estimate of drug-likeness (QED) is 0.708. The Morgan fingerprint density at radius 2 is 2.05 bits per heavy atom. The van der Waals surface area contributed by atoms with Crippen molar-refractivity contribution in [3.63, 3.8) is 0 Å². The predicted molar refractivity (Wildman–Crippen MR) is 85.9 cm³/mol. The second-order valence-electron chi connectivity index (χ2n) is 5.93. The summed E-state index contributed by atoms with van der Waals surface area (Å²) in [6, 6.07) is 1.07. The minimum atomic E-state index is -2.81. The third-order valence-electron chi connectivity index (χ3n) is 4.30. The molecule has 0 aromatic heterocycles. The van der Waals surface area contributed by atoms with Crippen LogP contribution in [-0.2, 0) is 9.84 Å². The van der Waals surface area contributed by atoms with E-state index in [-0.39, 0.29) is 5.75 Å². The largest absolute Gasteiger partial charge is 0.313 e. The van der Waals surface area contributed by atoms with Crippen LogP contribution in [0.1, 0.15) is 52.9 Å². The van der Waals surface area contributed by atoms with Gasteiger partial charge in [-0.25, -0.2) is 8.42 Å². The number of hydrogen-bond donors (Lipinski definition) is 1. The Labute approximate surface area is 125 Å². The van der Waals surface area contributed by atoms with Gasteiger partial charge in [-0.2, -0.15) is 0 Å². The van der Waals surface area contributed by atoms with Crippen LogP contribution in [0.4, 0.5) is 0 Å². The van der Waals surface area contributed by atoms with Crippen LogP contribution in [0, 0.1) is 0 Å². The van der Waals surface area contributed by atoms with Crippen molar-refractivity contribution in [1.29, 1.82) is 0 Å². The van der Waals surface area contributed by atoms with Gasteiger partial charge in [-0.15, -0.1) is 0 Å². The summed E-state index contributed by atoms with van der Waals surface area (Å²) in [5, 5.41) is 3.59. The summed E-state index contributed by atoms with van der Waals surface area (Å²) in [6.07, 6.45) is 5.71. The van der Waals surface area contributed by atoms with Gasteiger partial charge in [0, 0.05) is 17.8 Å². The fraction of sp³-hybridized carbons (Fsp3) is 1.00. The molecule has 1 N–H and O–H groups in total. The van der Waals surface area contributed by atoms with Gasteiger partial charge in [-0.1, -0.05) is 20.3 Å². The highest BCUT2D eigenvalue weighted by Gasteiger charge is 2.26. The van der Waals surface area contributed by atoms with Crippen molar-refractivity contribution in [2.75, 3.05) is 31.1 Å². The number of likely N-dealkylation sites (tertiary alicyclic amines) is 1. The molecule has 1 fully saturated rings. The first-order chi connectivity index (χ1) is 9.50. The molecule has 1 heterocycles. The van der Waals surface area contributed by atoms with E-state index in [2.05, 4.69) is 24.1 Å². The van der Waals surface area contributed by atoms with E-state index < -0.39 is 9.84 Å². The lowest BCUT2D eigenvalue weighted by Gasteiger charge is -2.39. The Morgan fingerprint density at radius 1 is 1.30 bits per heavy atom. The van der Waals surface area contributed by atoms with Gasteiger partial charge in [0.15, 0.2) is 0 Å². The van der Waals surface area contributed by atoms with Gasteiger partial charge < -0.3 is 5.32 Å². The van der Waals surface area contributed by atoms with Gasteiger partial charge in [0.05, 0.1) is 5.75 Å². The van der Waals surface area contributed by atoms with Crippen molar-refractivity contribution in [3.05, 3.63) is 0 Å². The molecule has 0 saturated carbocycles. The molecule has 4 nitrogen and oxygen atoms in total. The monoisotopic (exact) mass is 304 g/mol. The molecule has 0 amide bonds. The van der Waals surface area contributed by atoms with Gasteiger partial charge >= 0.3 is 0 Å². The number of rotatable bonds is 9. The molecule has 0 aliphatic carbocycles. The molecule has 20 heavy (non-hydrogen) atoms.